The molecule has 0 aliphatic heterocycles. The molecule has 7 heteroatoms. The minimum absolute atomic E-state index is 0.302. The first kappa shape index (κ1) is 19.2. The number of carbonyl (C=O) groups is 1. The molecule has 3 aromatic rings. The summed E-state index contributed by atoms with van der Waals surface area (Å²) in [7, 11) is 3.00. The van der Waals surface area contributed by atoms with E-state index in [1.807, 2.05) is 0 Å². The maximum atomic E-state index is 12.6. The molecule has 1 aromatic heterocycles. The lowest BCUT2D eigenvalue weighted by Crippen LogP contribution is -2.16. The van der Waals surface area contributed by atoms with Gasteiger partial charge in [0.15, 0.2) is 5.82 Å². The molecule has 28 heavy (non-hydrogen) atoms. The average molecular weight is 378 g/mol. The van der Waals surface area contributed by atoms with E-state index < -0.39 is 0 Å². The zero-order valence-electron chi connectivity index (χ0n) is 16.0. The normalized spacial score (nSPS) is 10.2. The number of methoxy groups -OCH3 is 2. The van der Waals surface area contributed by atoms with Crippen molar-refractivity contribution in [3.63, 3.8) is 0 Å². The summed E-state index contributed by atoms with van der Waals surface area (Å²) in [5.41, 5.74) is 2.67. The topological polar surface area (TPSA) is 85.4 Å². The number of aryl methyl sites for hydroxylation is 1. The summed E-state index contributed by atoms with van der Waals surface area (Å²) in [4.78, 5) is 12.6. The maximum Gasteiger partial charge on any atom is 0.264 e. The highest BCUT2D eigenvalue weighted by molar-refractivity contribution is 6.07. The summed E-state index contributed by atoms with van der Waals surface area (Å²) < 4.78 is 10.5. The van der Waals surface area contributed by atoms with E-state index in [0.29, 0.717) is 35.2 Å². The lowest BCUT2D eigenvalue weighted by Gasteiger charge is -2.12. The fourth-order valence-electron chi connectivity index (χ4n) is 2.65. The minimum atomic E-state index is -0.385. The zero-order valence-corrected chi connectivity index (χ0v) is 16.0. The van der Waals surface area contributed by atoms with Crippen molar-refractivity contribution >= 4 is 17.5 Å². The smallest absolute Gasteiger partial charge is 0.264 e. The van der Waals surface area contributed by atoms with Crippen LogP contribution in [0.5, 0.6) is 11.5 Å². The molecule has 0 saturated carbocycles. The monoisotopic (exact) mass is 378 g/mol. The Morgan fingerprint density at radius 3 is 2.07 bits per heavy atom. The fraction of sp³-hybridized carbons (Fsp3) is 0.190. The number of anilines is 2. The van der Waals surface area contributed by atoms with E-state index >= 15 is 0 Å². The molecule has 7 nitrogen and oxygen atoms in total. The molecule has 3 rings (SSSR count). The van der Waals surface area contributed by atoms with Crippen LogP contribution >= 0.6 is 0 Å². The van der Waals surface area contributed by atoms with Gasteiger partial charge in [-0.15, -0.1) is 10.2 Å². The fourth-order valence-corrected chi connectivity index (χ4v) is 2.65. The molecule has 0 unspecified atom stereocenters. The Balaban J connectivity index is 1.66. The van der Waals surface area contributed by atoms with Crippen LogP contribution in [-0.2, 0) is 6.54 Å². The number of nitrogens with zero attached hydrogens (tertiary/aromatic N) is 2. The molecular formula is C21H22N4O3. The van der Waals surface area contributed by atoms with E-state index in [1.165, 1.54) is 19.8 Å². The van der Waals surface area contributed by atoms with Gasteiger partial charge in [-0.2, -0.15) is 0 Å². The standard InChI is InChI=1S/C21H22N4O3/c1-14-7-9-15(10-8-14)13-22-18-11-12-19(25-24-18)23-21(26)20-16(27-2)5-4-6-17(20)28-3/h4-12H,13H2,1-3H3,(H,22,24)(H,23,25,26). The lowest BCUT2D eigenvalue weighted by atomic mass is 10.1. The summed E-state index contributed by atoms with van der Waals surface area (Å²) in [5, 5.41) is 14.1. The zero-order chi connectivity index (χ0) is 19.9. The summed E-state index contributed by atoms with van der Waals surface area (Å²) in [6, 6.07) is 16.8. The van der Waals surface area contributed by atoms with Crippen molar-refractivity contribution in [2.24, 2.45) is 0 Å². The second kappa shape index (κ2) is 8.85. The molecule has 0 radical (unpaired) electrons. The van der Waals surface area contributed by atoms with Gasteiger partial charge in [0, 0.05) is 6.54 Å². The highest BCUT2D eigenvalue weighted by atomic mass is 16.5. The highest BCUT2D eigenvalue weighted by Crippen LogP contribution is 2.28. The van der Waals surface area contributed by atoms with E-state index in [2.05, 4.69) is 52.0 Å². The van der Waals surface area contributed by atoms with Crippen LogP contribution in [0, 0.1) is 6.92 Å². The molecule has 144 valence electrons. The Morgan fingerprint density at radius 1 is 0.893 bits per heavy atom. The van der Waals surface area contributed by atoms with Crippen molar-refractivity contribution in [3.8, 4) is 11.5 Å². The van der Waals surface area contributed by atoms with Crippen molar-refractivity contribution in [2.75, 3.05) is 24.9 Å². The minimum Gasteiger partial charge on any atom is -0.496 e. The molecule has 0 spiro atoms. The van der Waals surface area contributed by atoms with E-state index in [0.717, 1.165) is 5.56 Å². The van der Waals surface area contributed by atoms with Gasteiger partial charge in [0.25, 0.3) is 5.91 Å². The third-order valence-electron chi connectivity index (χ3n) is 4.16. The molecule has 1 amide bonds. The Labute approximate surface area is 163 Å². The van der Waals surface area contributed by atoms with Crippen LogP contribution in [-0.4, -0.2) is 30.3 Å². The Hall–Kier alpha value is -3.61. The Kier molecular flexibility index (Phi) is 6.06. The summed E-state index contributed by atoms with van der Waals surface area (Å²) >= 11 is 0. The number of amides is 1. The van der Waals surface area contributed by atoms with Crippen molar-refractivity contribution < 1.29 is 14.3 Å². The SMILES string of the molecule is COc1cccc(OC)c1C(=O)Nc1ccc(NCc2ccc(C)cc2)nn1. The van der Waals surface area contributed by atoms with Crippen molar-refractivity contribution in [3.05, 3.63) is 71.3 Å². The average Bonchev–Trinajstić information content (AvgIpc) is 2.73. The van der Waals surface area contributed by atoms with Gasteiger partial charge in [-0.25, -0.2) is 0 Å². The van der Waals surface area contributed by atoms with E-state index in [-0.39, 0.29) is 5.91 Å². The predicted octanol–water partition coefficient (Wildman–Crippen LogP) is 3.67. The first-order valence-electron chi connectivity index (χ1n) is 8.76. The van der Waals surface area contributed by atoms with Gasteiger partial charge in [0.2, 0.25) is 0 Å². The van der Waals surface area contributed by atoms with Crippen molar-refractivity contribution in [1.29, 1.82) is 0 Å². The molecular weight excluding hydrogens is 356 g/mol. The second-order valence-electron chi connectivity index (χ2n) is 6.13. The molecule has 0 aliphatic carbocycles. The molecule has 0 saturated heterocycles. The number of hydrogen-bond donors (Lipinski definition) is 2. The first-order chi connectivity index (χ1) is 13.6. The van der Waals surface area contributed by atoms with Crippen LogP contribution in [0.15, 0.2) is 54.6 Å². The van der Waals surface area contributed by atoms with E-state index in [1.54, 1.807) is 30.3 Å². The van der Waals surface area contributed by atoms with Gasteiger partial charge in [-0.1, -0.05) is 35.9 Å². The number of benzene rings is 2. The van der Waals surface area contributed by atoms with Crippen LogP contribution in [0.25, 0.3) is 0 Å². The Morgan fingerprint density at radius 2 is 1.50 bits per heavy atom. The third-order valence-corrected chi connectivity index (χ3v) is 4.16. The lowest BCUT2D eigenvalue weighted by molar-refractivity contribution is 0.102. The molecule has 0 bridgehead atoms. The van der Waals surface area contributed by atoms with Crippen LogP contribution in [0.2, 0.25) is 0 Å². The largest absolute Gasteiger partial charge is 0.496 e. The van der Waals surface area contributed by atoms with Gasteiger partial charge in [0.1, 0.15) is 22.9 Å². The van der Waals surface area contributed by atoms with Gasteiger partial charge in [0.05, 0.1) is 14.2 Å². The Bertz CT molecular complexity index is 919. The summed E-state index contributed by atoms with van der Waals surface area (Å²) in [6.07, 6.45) is 0. The van der Waals surface area contributed by atoms with Crippen molar-refractivity contribution in [1.82, 2.24) is 10.2 Å². The van der Waals surface area contributed by atoms with Crippen molar-refractivity contribution in [2.45, 2.75) is 13.5 Å². The van der Waals surface area contributed by atoms with Crippen LogP contribution in [0.1, 0.15) is 21.5 Å². The van der Waals surface area contributed by atoms with Gasteiger partial charge in [-0.3, -0.25) is 4.79 Å². The van der Waals surface area contributed by atoms with Gasteiger partial charge < -0.3 is 20.1 Å². The molecule has 0 atom stereocenters. The van der Waals surface area contributed by atoms with E-state index in [9.17, 15) is 4.79 Å². The van der Waals surface area contributed by atoms with E-state index in [4.69, 9.17) is 9.47 Å². The molecule has 1 heterocycles. The third kappa shape index (κ3) is 4.56. The highest BCUT2D eigenvalue weighted by Gasteiger charge is 2.18. The molecule has 2 N–H and O–H groups in total. The molecule has 0 fully saturated rings. The number of hydrogen-bond acceptors (Lipinski definition) is 6. The molecule has 0 aliphatic rings. The number of ether oxygens (including phenoxy) is 2. The predicted molar refractivity (Wildman–Crippen MR) is 108 cm³/mol. The summed E-state index contributed by atoms with van der Waals surface area (Å²) in [6.45, 7) is 2.69. The number of aromatic nitrogens is 2. The maximum absolute atomic E-state index is 12.6. The second-order valence-corrected chi connectivity index (χ2v) is 6.13. The number of carbonyl (C=O) groups excluding carboxylic acids is 1. The van der Waals surface area contributed by atoms with Gasteiger partial charge >= 0.3 is 0 Å². The summed E-state index contributed by atoms with van der Waals surface area (Å²) in [5.74, 6) is 1.40. The number of nitrogens with one attached hydrogen (secondary N) is 2. The quantitative estimate of drug-likeness (QED) is 0.653. The van der Waals surface area contributed by atoms with Crippen LogP contribution in [0.3, 0.4) is 0 Å². The molecule has 2 aromatic carbocycles. The number of rotatable bonds is 7. The van der Waals surface area contributed by atoms with Crippen LogP contribution < -0.4 is 20.1 Å². The first-order valence-corrected chi connectivity index (χ1v) is 8.76. The van der Waals surface area contributed by atoms with Crippen LogP contribution in [0.4, 0.5) is 11.6 Å². The van der Waals surface area contributed by atoms with Gasteiger partial charge in [-0.05, 0) is 36.8 Å².